The second-order valence-electron chi connectivity index (χ2n) is 8.82. The lowest BCUT2D eigenvalue weighted by molar-refractivity contribution is 0.0600. The van der Waals surface area contributed by atoms with Gasteiger partial charge in [-0.15, -0.1) is 5.10 Å². The molecule has 38 heavy (non-hydrogen) atoms. The minimum absolute atomic E-state index is 0.264. The van der Waals surface area contributed by atoms with E-state index in [1.165, 1.54) is 12.0 Å². The van der Waals surface area contributed by atoms with Gasteiger partial charge in [-0.05, 0) is 48.0 Å². The van der Waals surface area contributed by atoms with Gasteiger partial charge < -0.3 is 29.5 Å². The van der Waals surface area contributed by atoms with Crippen LogP contribution >= 0.6 is 0 Å². The highest BCUT2D eigenvalue weighted by molar-refractivity contribution is 5.96. The van der Waals surface area contributed by atoms with E-state index in [2.05, 4.69) is 10.3 Å². The normalized spacial score (nSPS) is 14.9. The third kappa shape index (κ3) is 5.17. The van der Waals surface area contributed by atoms with Crippen molar-refractivity contribution in [1.29, 1.82) is 0 Å². The second kappa shape index (κ2) is 10.7. The van der Waals surface area contributed by atoms with E-state index in [9.17, 15) is 14.7 Å². The topological polar surface area (TPSA) is 128 Å². The third-order valence-corrected chi connectivity index (χ3v) is 6.37. The number of esters is 1. The van der Waals surface area contributed by atoms with Gasteiger partial charge in [-0.1, -0.05) is 12.1 Å². The number of benzene rings is 2. The first-order chi connectivity index (χ1) is 18.4. The number of amides is 1. The number of hydrogen-bond acceptors (Lipinski definition) is 8. The van der Waals surface area contributed by atoms with Gasteiger partial charge >= 0.3 is 12.1 Å². The molecular weight excluding hydrogens is 490 g/mol. The summed E-state index contributed by atoms with van der Waals surface area (Å²) in [6, 6.07) is 16.4. The number of pyridine rings is 1. The molecule has 11 heteroatoms. The first-order valence-electron chi connectivity index (χ1n) is 12.0. The zero-order chi connectivity index (χ0) is 26.6. The fraction of sp³-hybridized carbons (Fsp3) is 0.259. The summed E-state index contributed by atoms with van der Waals surface area (Å²) in [6.45, 7) is 1.11. The molecule has 5 rings (SSSR count). The van der Waals surface area contributed by atoms with E-state index in [0.29, 0.717) is 47.7 Å². The van der Waals surface area contributed by atoms with Crippen molar-refractivity contribution in [2.24, 2.45) is 0 Å². The summed E-state index contributed by atoms with van der Waals surface area (Å²) in [4.78, 5) is 29.1. The van der Waals surface area contributed by atoms with Crippen LogP contribution in [-0.4, -0.2) is 70.2 Å². The number of hydrogen-bond donors (Lipinski definition) is 2. The van der Waals surface area contributed by atoms with E-state index in [0.717, 1.165) is 17.0 Å². The molecule has 1 unspecified atom stereocenters. The van der Waals surface area contributed by atoms with Gasteiger partial charge in [0.25, 0.3) is 0 Å². The molecule has 11 nitrogen and oxygen atoms in total. The van der Waals surface area contributed by atoms with Crippen molar-refractivity contribution in [2.75, 3.05) is 32.6 Å². The van der Waals surface area contributed by atoms with Crippen molar-refractivity contribution in [3.05, 3.63) is 71.9 Å². The zero-order valence-electron chi connectivity index (χ0n) is 21.0. The number of anilines is 2. The van der Waals surface area contributed by atoms with E-state index >= 15 is 0 Å². The Balaban J connectivity index is 1.49. The van der Waals surface area contributed by atoms with Gasteiger partial charge in [0, 0.05) is 24.8 Å². The zero-order valence-corrected chi connectivity index (χ0v) is 21.0. The van der Waals surface area contributed by atoms with Gasteiger partial charge in [0.1, 0.15) is 17.2 Å². The fourth-order valence-electron chi connectivity index (χ4n) is 4.38. The van der Waals surface area contributed by atoms with Crippen molar-refractivity contribution >= 4 is 34.5 Å². The number of carbonyl (C=O) groups excluding carboxylic acids is 1. The SMILES string of the molecule is COC(=O)c1ccc(Nc2ccnc3c2c(OC2CCN(C(=O)O)C2)nn3Cc2ccc(OC)cc2)cc1. The predicted octanol–water partition coefficient (Wildman–Crippen LogP) is 4.15. The van der Waals surface area contributed by atoms with Crippen LogP contribution in [0.3, 0.4) is 0 Å². The van der Waals surface area contributed by atoms with Crippen LogP contribution in [0.4, 0.5) is 16.2 Å². The minimum Gasteiger partial charge on any atom is -0.497 e. The molecule has 2 aromatic carbocycles. The first kappa shape index (κ1) is 24.9. The monoisotopic (exact) mass is 517 g/mol. The molecule has 1 aliphatic rings. The molecule has 196 valence electrons. The maximum atomic E-state index is 11.8. The number of aromatic nitrogens is 3. The molecule has 3 heterocycles. The van der Waals surface area contributed by atoms with Crippen LogP contribution in [0, 0.1) is 0 Å². The Labute approximate surface area is 218 Å². The van der Waals surface area contributed by atoms with Crippen LogP contribution in [0.5, 0.6) is 11.6 Å². The summed E-state index contributed by atoms with van der Waals surface area (Å²) in [6.07, 6.45) is 0.957. The van der Waals surface area contributed by atoms with E-state index < -0.39 is 12.1 Å². The van der Waals surface area contributed by atoms with Crippen LogP contribution in [0.2, 0.25) is 0 Å². The number of carboxylic acid groups (broad SMARTS) is 1. The van der Waals surface area contributed by atoms with Crippen LogP contribution in [0.15, 0.2) is 60.8 Å². The summed E-state index contributed by atoms with van der Waals surface area (Å²) in [5.74, 6) is 0.716. The predicted molar refractivity (Wildman–Crippen MR) is 139 cm³/mol. The van der Waals surface area contributed by atoms with Crippen molar-refractivity contribution in [3.63, 3.8) is 0 Å². The fourth-order valence-corrected chi connectivity index (χ4v) is 4.38. The Hall–Kier alpha value is -4.80. The molecule has 1 aliphatic heterocycles. The van der Waals surface area contributed by atoms with Gasteiger partial charge in [0.2, 0.25) is 5.88 Å². The van der Waals surface area contributed by atoms with Crippen molar-refractivity contribution in [2.45, 2.75) is 19.1 Å². The van der Waals surface area contributed by atoms with Crippen LogP contribution in [0.25, 0.3) is 11.0 Å². The molecule has 0 radical (unpaired) electrons. The number of carbonyl (C=O) groups is 2. The average molecular weight is 518 g/mol. The van der Waals surface area contributed by atoms with Crippen LogP contribution < -0.4 is 14.8 Å². The molecule has 0 aliphatic carbocycles. The summed E-state index contributed by atoms with van der Waals surface area (Å²) in [7, 11) is 2.96. The van der Waals surface area contributed by atoms with E-state index in [1.54, 1.807) is 42.3 Å². The molecular formula is C27H27N5O6. The molecule has 0 bridgehead atoms. The number of nitrogens with one attached hydrogen (secondary N) is 1. The quantitative estimate of drug-likeness (QED) is 0.331. The molecule has 2 aromatic heterocycles. The molecule has 2 N–H and O–H groups in total. The Morgan fingerprint density at radius 1 is 1.08 bits per heavy atom. The van der Waals surface area contributed by atoms with Crippen molar-refractivity contribution < 1.29 is 28.9 Å². The molecule has 1 saturated heterocycles. The Bertz CT molecular complexity index is 1450. The summed E-state index contributed by atoms with van der Waals surface area (Å²) < 4.78 is 18.1. The van der Waals surface area contributed by atoms with E-state index in [4.69, 9.17) is 19.3 Å². The molecule has 0 saturated carbocycles. The van der Waals surface area contributed by atoms with Gasteiger partial charge in [0.05, 0.1) is 38.6 Å². The second-order valence-corrected chi connectivity index (χ2v) is 8.82. The third-order valence-electron chi connectivity index (χ3n) is 6.37. The van der Waals surface area contributed by atoms with Crippen molar-refractivity contribution in [3.8, 4) is 11.6 Å². The number of fused-ring (bicyclic) bond motifs is 1. The number of likely N-dealkylation sites (tertiary alicyclic amines) is 1. The maximum absolute atomic E-state index is 11.8. The first-order valence-corrected chi connectivity index (χ1v) is 12.0. The standard InChI is InChI=1S/C27H27N5O6/c1-36-20-9-3-17(4-10-20)15-32-24-23(25(30-32)38-21-12-14-31(16-21)27(34)35)22(11-13-28-24)29-19-7-5-18(6-8-19)26(33)37-2/h3-11,13,21H,12,14-16H2,1-2H3,(H,28,29)(H,34,35). The van der Waals surface area contributed by atoms with Crippen LogP contribution in [0.1, 0.15) is 22.3 Å². The Morgan fingerprint density at radius 2 is 1.84 bits per heavy atom. The molecule has 0 spiro atoms. The van der Waals surface area contributed by atoms with Crippen molar-refractivity contribution in [1.82, 2.24) is 19.7 Å². The number of rotatable bonds is 8. The molecule has 4 aromatic rings. The van der Waals surface area contributed by atoms with Crippen LogP contribution in [-0.2, 0) is 11.3 Å². The highest BCUT2D eigenvalue weighted by atomic mass is 16.5. The summed E-state index contributed by atoms with van der Waals surface area (Å²) in [5.41, 5.74) is 3.51. The smallest absolute Gasteiger partial charge is 0.407 e. The largest absolute Gasteiger partial charge is 0.497 e. The number of methoxy groups -OCH3 is 2. The number of nitrogens with zero attached hydrogens (tertiary/aromatic N) is 4. The summed E-state index contributed by atoms with van der Waals surface area (Å²) >= 11 is 0. The average Bonchev–Trinajstić information content (AvgIpc) is 3.55. The van der Waals surface area contributed by atoms with Gasteiger partial charge in [0.15, 0.2) is 5.65 Å². The number of ether oxygens (including phenoxy) is 3. The lowest BCUT2D eigenvalue weighted by Crippen LogP contribution is -2.29. The Kier molecular flexibility index (Phi) is 6.98. The lowest BCUT2D eigenvalue weighted by Gasteiger charge is -2.14. The lowest BCUT2D eigenvalue weighted by atomic mass is 10.2. The highest BCUT2D eigenvalue weighted by Crippen LogP contribution is 2.34. The molecule has 1 atom stereocenters. The van der Waals surface area contributed by atoms with E-state index in [1.807, 2.05) is 30.3 Å². The molecule has 1 amide bonds. The van der Waals surface area contributed by atoms with Gasteiger partial charge in [-0.3, -0.25) is 0 Å². The van der Waals surface area contributed by atoms with E-state index in [-0.39, 0.29) is 12.6 Å². The van der Waals surface area contributed by atoms with Gasteiger partial charge in [-0.25, -0.2) is 19.3 Å². The Morgan fingerprint density at radius 3 is 2.50 bits per heavy atom. The summed E-state index contributed by atoms with van der Waals surface area (Å²) in [5, 5.41) is 18.1. The van der Waals surface area contributed by atoms with Gasteiger partial charge in [-0.2, -0.15) is 0 Å². The maximum Gasteiger partial charge on any atom is 0.407 e. The minimum atomic E-state index is -0.967. The highest BCUT2D eigenvalue weighted by Gasteiger charge is 2.29. The molecule has 1 fully saturated rings.